The summed E-state index contributed by atoms with van der Waals surface area (Å²) < 4.78 is 32.5. The van der Waals surface area contributed by atoms with Gasteiger partial charge in [0.2, 0.25) is 16.0 Å². The molecule has 0 atom stereocenters. The second kappa shape index (κ2) is 8.99. The average Bonchev–Trinajstić information content (AvgIpc) is 2.81. The van der Waals surface area contributed by atoms with Gasteiger partial charge in [0.1, 0.15) is 0 Å². The van der Waals surface area contributed by atoms with Crippen LogP contribution in [0.3, 0.4) is 0 Å². The van der Waals surface area contributed by atoms with E-state index in [9.17, 15) is 18.5 Å². The van der Waals surface area contributed by atoms with Crippen LogP contribution in [0.4, 0.5) is 17.3 Å². The summed E-state index contributed by atoms with van der Waals surface area (Å²) in [5.41, 5.74) is 2.65. The fourth-order valence-corrected chi connectivity index (χ4v) is 4.79. The Morgan fingerprint density at radius 3 is 2.53 bits per heavy atom. The van der Waals surface area contributed by atoms with Gasteiger partial charge in [0, 0.05) is 42.7 Å². The van der Waals surface area contributed by atoms with Crippen LogP contribution < -0.4 is 5.32 Å². The monoisotopic (exact) mass is 455 g/mol. The molecule has 11 heteroatoms. The Bertz CT molecular complexity index is 1240. The van der Waals surface area contributed by atoms with E-state index in [-0.39, 0.29) is 16.5 Å². The van der Waals surface area contributed by atoms with Crippen LogP contribution in [0.1, 0.15) is 5.56 Å². The van der Waals surface area contributed by atoms with E-state index < -0.39 is 14.9 Å². The lowest BCUT2D eigenvalue weighted by atomic mass is 10.1. The first-order chi connectivity index (χ1) is 15.3. The third-order valence-electron chi connectivity index (χ3n) is 5.02. The van der Waals surface area contributed by atoms with Gasteiger partial charge in [-0.15, -0.1) is 0 Å². The summed E-state index contributed by atoms with van der Waals surface area (Å²) in [5, 5.41) is 13.9. The predicted molar refractivity (Wildman–Crippen MR) is 118 cm³/mol. The molecule has 1 fully saturated rings. The van der Waals surface area contributed by atoms with Crippen LogP contribution in [0.2, 0.25) is 0 Å². The van der Waals surface area contributed by atoms with Crippen LogP contribution in [-0.4, -0.2) is 53.9 Å². The maximum atomic E-state index is 12.9. The Hall–Kier alpha value is -3.41. The molecule has 0 unspecified atom stereocenters. The van der Waals surface area contributed by atoms with Crippen molar-refractivity contribution in [1.82, 2.24) is 14.3 Å². The van der Waals surface area contributed by atoms with Gasteiger partial charge in [0.05, 0.1) is 28.7 Å². The van der Waals surface area contributed by atoms with Gasteiger partial charge in [0.15, 0.2) is 0 Å². The lowest BCUT2D eigenvalue weighted by Crippen LogP contribution is -2.40. The number of rotatable bonds is 6. The summed E-state index contributed by atoms with van der Waals surface area (Å²) in [7, 11) is -3.63. The molecule has 0 amide bonds. The number of nitro groups is 1. The van der Waals surface area contributed by atoms with E-state index in [0.29, 0.717) is 43.2 Å². The van der Waals surface area contributed by atoms with Crippen molar-refractivity contribution in [3.63, 3.8) is 0 Å². The number of morpholine rings is 1. The normalized spacial score (nSPS) is 14.8. The summed E-state index contributed by atoms with van der Waals surface area (Å²) in [5.74, 6) is 0.282. The van der Waals surface area contributed by atoms with E-state index in [1.54, 1.807) is 42.6 Å². The van der Waals surface area contributed by atoms with Gasteiger partial charge in [0.25, 0.3) is 5.69 Å². The van der Waals surface area contributed by atoms with E-state index in [1.807, 2.05) is 6.92 Å². The van der Waals surface area contributed by atoms with E-state index in [0.717, 1.165) is 5.56 Å². The van der Waals surface area contributed by atoms with Crippen molar-refractivity contribution >= 4 is 27.3 Å². The van der Waals surface area contributed by atoms with Crippen LogP contribution in [0.15, 0.2) is 59.6 Å². The largest absolute Gasteiger partial charge is 0.379 e. The van der Waals surface area contributed by atoms with Gasteiger partial charge in [-0.3, -0.25) is 10.1 Å². The minimum Gasteiger partial charge on any atom is -0.379 e. The van der Waals surface area contributed by atoms with Crippen molar-refractivity contribution < 1.29 is 18.1 Å². The second-order valence-corrected chi connectivity index (χ2v) is 9.14. The van der Waals surface area contributed by atoms with Crippen molar-refractivity contribution in [3.05, 3.63) is 70.4 Å². The molecule has 4 rings (SSSR count). The van der Waals surface area contributed by atoms with Gasteiger partial charge >= 0.3 is 0 Å². The topological polar surface area (TPSA) is 128 Å². The molecule has 0 spiro atoms. The molecule has 2 heterocycles. The summed E-state index contributed by atoms with van der Waals surface area (Å²) in [6.07, 6.45) is 1.64. The molecule has 1 aliphatic heterocycles. The molecule has 10 nitrogen and oxygen atoms in total. The zero-order valence-electron chi connectivity index (χ0n) is 17.3. The first-order valence-corrected chi connectivity index (χ1v) is 11.3. The van der Waals surface area contributed by atoms with Crippen molar-refractivity contribution in [2.45, 2.75) is 11.8 Å². The Morgan fingerprint density at radius 1 is 1.12 bits per heavy atom. The highest BCUT2D eigenvalue weighted by Gasteiger charge is 2.26. The molecular weight excluding hydrogens is 434 g/mol. The lowest BCUT2D eigenvalue weighted by molar-refractivity contribution is -0.384. The molecule has 166 valence electrons. The van der Waals surface area contributed by atoms with Crippen molar-refractivity contribution in [3.8, 4) is 11.3 Å². The number of benzene rings is 2. The minimum absolute atomic E-state index is 0.00269. The molecule has 1 saturated heterocycles. The molecule has 32 heavy (non-hydrogen) atoms. The van der Waals surface area contributed by atoms with E-state index >= 15 is 0 Å². The number of aryl methyl sites for hydroxylation is 1. The lowest BCUT2D eigenvalue weighted by Gasteiger charge is -2.26. The third kappa shape index (κ3) is 4.59. The molecule has 1 N–H and O–H groups in total. The zero-order chi connectivity index (χ0) is 22.7. The van der Waals surface area contributed by atoms with Gasteiger partial charge < -0.3 is 10.1 Å². The molecular formula is C21H21N5O5S. The molecule has 0 radical (unpaired) electrons. The van der Waals surface area contributed by atoms with Crippen LogP contribution in [0, 0.1) is 17.0 Å². The summed E-state index contributed by atoms with van der Waals surface area (Å²) >= 11 is 0. The number of sulfonamides is 1. The number of anilines is 2. The molecule has 1 aromatic heterocycles. The fourth-order valence-electron chi connectivity index (χ4n) is 3.33. The summed E-state index contributed by atoms with van der Waals surface area (Å²) in [6, 6.07) is 12.6. The zero-order valence-corrected chi connectivity index (χ0v) is 18.1. The van der Waals surface area contributed by atoms with Crippen LogP contribution in [-0.2, 0) is 14.8 Å². The highest BCUT2D eigenvalue weighted by Crippen LogP contribution is 2.26. The first kappa shape index (κ1) is 21.8. The number of non-ortho nitro benzene ring substituents is 1. The van der Waals surface area contributed by atoms with E-state index in [1.165, 1.54) is 16.4 Å². The third-order valence-corrected chi connectivity index (χ3v) is 6.92. The van der Waals surface area contributed by atoms with Gasteiger partial charge in [-0.2, -0.15) is 4.31 Å². The molecule has 0 saturated carbocycles. The number of nitrogens with zero attached hydrogens (tertiary/aromatic N) is 4. The Balaban J connectivity index is 1.59. The predicted octanol–water partition coefficient (Wildman–Crippen LogP) is 3.12. The quantitative estimate of drug-likeness (QED) is 0.444. The highest BCUT2D eigenvalue weighted by molar-refractivity contribution is 7.89. The smallest absolute Gasteiger partial charge is 0.269 e. The second-order valence-electron chi connectivity index (χ2n) is 7.20. The van der Waals surface area contributed by atoms with Gasteiger partial charge in [-0.25, -0.2) is 18.4 Å². The molecule has 3 aromatic rings. The number of ether oxygens (including phenoxy) is 1. The van der Waals surface area contributed by atoms with Crippen LogP contribution >= 0.6 is 0 Å². The maximum absolute atomic E-state index is 12.9. The van der Waals surface area contributed by atoms with Gasteiger partial charge in [-0.05, 0) is 42.8 Å². The summed E-state index contributed by atoms with van der Waals surface area (Å²) in [4.78, 5) is 19.4. The fraction of sp³-hybridized carbons (Fsp3) is 0.238. The van der Waals surface area contributed by atoms with Crippen molar-refractivity contribution in [2.24, 2.45) is 0 Å². The minimum atomic E-state index is -3.63. The number of hydrogen-bond acceptors (Lipinski definition) is 8. The SMILES string of the molecule is Cc1cnc(Nc2cccc(S(=O)(=O)N3CCOCC3)c2)nc1-c1ccc([N+](=O)[O-])cc1. The van der Waals surface area contributed by atoms with Crippen molar-refractivity contribution in [1.29, 1.82) is 0 Å². The highest BCUT2D eigenvalue weighted by atomic mass is 32.2. The first-order valence-electron chi connectivity index (χ1n) is 9.88. The number of nitrogens with one attached hydrogen (secondary N) is 1. The number of aromatic nitrogens is 2. The Kier molecular flexibility index (Phi) is 6.12. The molecule has 2 aromatic carbocycles. The average molecular weight is 455 g/mol. The summed E-state index contributed by atoms with van der Waals surface area (Å²) in [6.45, 7) is 3.23. The Labute approximate surface area is 185 Å². The van der Waals surface area contributed by atoms with Crippen LogP contribution in [0.5, 0.6) is 0 Å². The number of hydrogen-bond donors (Lipinski definition) is 1. The number of nitro benzene ring substituents is 1. The van der Waals surface area contributed by atoms with Gasteiger partial charge in [-0.1, -0.05) is 6.07 Å². The molecule has 0 aliphatic carbocycles. The maximum Gasteiger partial charge on any atom is 0.269 e. The Morgan fingerprint density at radius 2 is 1.84 bits per heavy atom. The molecule has 1 aliphatic rings. The van der Waals surface area contributed by atoms with E-state index in [2.05, 4.69) is 15.3 Å². The van der Waals surface area contributed by atoms with Crippen molar-refractivity contribution in [2.75, 3.05) is 31.6 Å². The standard InChI is InChI=1S/C21H21N5O5S/c1-15-14-22-21(24-20(15)16-5-7-18(8-6-16)26(27)28)23-17-3-2-4-19(13-17)32(29,30)25-9-11-31-12-10-25/h2-8,13-14H,9-12H2,1H3,(H,22,23,24). The van der Waals surface area contributed by atoms with Crippen LogP contribution in [0.25, 0.3) is 11.3 Å². The molecule has 0 bridgehead atoms. The van der Waals surface area contributed by atoms with E-state index in [4.69, 9.17) is 4.74 Å².